The Bertz CT molecular complexity index is 554. The summed E-state index contributed by atoms with van der Waals surface area (Å²) in [5.74, 6) is 5.02. The van der Waals surface area contributed by atoms with Crippen LogP contribution in [0.5, 0.6) is 0 Å². The van der Waals surface area contributed by atoms with Gasteiger partial charge in [0.15, 0.2) is 0 Å². The van der Waals surface area contributed by atoms with E-state index in [0.717, 1.165) is 43.6 Å². The highest BCUT2D eigenvalue weighted by Gasteiger charge is 2.66. The van der Waals surface area contributed by atoms with Gasteiger partial charge in [0.1, 0.15) is 10.7 Å². The van der Waals surface area contributed by atoms with Crippen LogP contribution in [0.3, 0.4) is 0 Å². The fourth-order valence-electron chi connectivity index (χ4n) is 7.93. The molecule has 0 N–H and O–H groups in total. The van der Waals surface area contributed by atoms with Gasteiger partial charge in [0.25, 0.3) is 0 Å². The lowest BCUT2D eigenvalue weighted by Gasteiger charge is -2.61. The van der Waals surface area contributed by atoms with Gasteiger partial charge in [0.05, 0.1) is 6.61 Å². The van der Waals surface area contributed by atoms with Crippen molar-refractivity contribution in [3.8, 4) is 0 Å². The summed E-state index contributed by atoms with van der Waals surface area (Å²) in [4.78, 5) is 12.1. The summed E-state index contributed by atoms with van der Waals surface area (Å²) in [7, 11) is 0. The molecule has 0 aromatic rings. The predicted molar refractivity (Wildman–Crippen MR) is 97.9 cm³/mol. The number of carbonyl (C=O) groups excluding carboxylic acids is 1. The smallest absolute Gasteiger partial charge is 0.133 e. The number of ketones is 1. The van der Waals surface area contributed by atoms with E-state index in [1.165, 1.54) is 44.3 Å². The highest BCUT2D eigenvalue weighted by Crippen LogP contribution is 2.71. The first-order valence-electron chi connectivity index (χ1n) is 10.3. The number of hydrogen-bond acceptors (Lipinski definition) is 3. The van der Waals surface area contributed by atoms with Gasteiger partial charge in [-0.3, -0.25) is 4.79 Å². The van der Waals surface area contributed by atoms with Crippen LogP contribution in [0.2, 0.25) is 0 Å². The number of rotatable bonds is 0. The second kappa shape index (κ2) is 5.25. The fourth-order valence-corrected chi connectivity index (χ4v) is 9.44. The van der Waals surface area contributed by atoms with E-state index in [0.29, 0.717) is 22.5 Å². The van der Waals surface area contributed by atoms with E-state index in [4.69, 9.17) is 4.74 Å². The molecule has 134 valence electrons. The van der Waals surface area contributed by atoms with Crippen LogP contribution in [0.25, 0.3) is 0 Å². The second-order valence-electron chi connectivity index (χ2n) is 9.84. The third kappa shape index (κ3) is 1.92. The monoisotopic (exact) mass is 348 g/mol. The molecule has 3 heteroatoms. The van der Waals surface area contributed by atoms with E-state index in [1.807, 2.05) is 0 Å². The highest BCUT2D eigenvalue weighted by molar-refractivity contribution is 8.00. The molecule has 1 heterocycles. The largest absolute Gasteiger partial charge is 0.363 e. The molecule has 1 spiro atoms. The van der Waals surface area contributed by atoms with Gasteiger partial charge >= 0.3 is 0 Å². The van der Waals surface area contributed by atoms with Crippen LogP contribution in [0.1, 0.15) is 71.6 Å². The molecule has 7 atom stereocenters. The molecule has 0 amide bonds. The average molecular weight is 349 g/mol. The summed E-state index contributed by atoms with van der Waals surface area (Å²) in [6.07, 6.45) is 11.0. The third-order valence-electron chi connectivity index (χ3n) is 9.28. The molecule has 0 radical (unpaired) electrons. The van der Waals surface area contributed by atoms with Crippen molar-refractivity contribution in [1.82, 2.24) is 0 Å². The maximum atomic E-state index is 12.0. The zero-order chi connectivity index (χ0) is 16.6. The Morgan fingerprint density at radius 1 is 1.04 bits per heavy atom. The molecule has 5 aliphatic rings. The van der Waals surface area contributed by atoms with Crippen LogP contribution in [0.4, 0.5) is 0 Å². The van der Waals surface area contributed by atoms with Gasteiger partial charge in [0.2, 0.25) is 0 Å². The van der Waals surface area contributed by atoms with Gasteiger partial charge in [0, 0.05) is 24.0 Å². The van der Waals surface area contributed by atoms with Gasteiger partial charge < -0.3 is 4.74 Å². The van der Waals surface area contributed by atoms with Gasteiger partial charge in [-0.15, -0.1) is 11.8 Å². The van der Waals surface area contributed by atoms with E-state index in [-0.39, 0.29) is 4.93 Å². The topological polar surface area (TPSA) is 26.3 Å². The molecule has 4 aliphatic carbocycles. The number of fused-ring (bicyclic) bond motifs is 6. The van der Waals surface area contributed by atoms with E-state index in [9.17, 15) is 4.79 Å². The lowest BCUT2D eigenvalue weighted by atomic mass is 9.45. The number of thioether (sulfide) groups is 1. The van der Waals surface area contributed by atoms with Crippen molar-refractivity contribution >= 4 is 17.5 Å². The van der Waals surface area contributed by atoms with Crippen LogP contribution >= 0.6 is 11.8 Å². The SMILES string of the molecule is C[C@@]12CCC(=O)C[C@@H]1CC[C@H]1[C@H]3CC[C@@]4(OCCS4)[C@]3(C)CC[C@@H]12. The molecule has 5 rings (SSSR count). The Labute approximate surface area is 150 Å². The first kappa shape index (κ1) is 16.2. The standard InChI is InChI=1S/C21H32O2S/c1-19-8-5-15(22)13-14(19)3-4-16-17(19)6-9-20(2)18(16)7-10-21(20)23-11-12-24-21/h14,16-18H,3-13H2,1-2H3/t14-,16+,17-,18+,19+,20+,21-/m0/s1. The number of hydrogen-bond donors (Lipinski definition) is 0. The third-order valence-corrected chi connectivity index (χ3v) is 10.9. The van der Waals surface area contributed by atoms with Crippen LogP contribution in [0, 0.1) is 34.5 Å². The minimum atomic E-state index is 0.142. The Hall–Kier alpha value is -0.0200. The summed E-state index contributed by atoms with van der Waals surface area (Å²) >= 11 is 2.13. The molecule has 2 nitrogen and oxygen atoms in total. The van der Waals surface area contributed by atoms with Crippen LogP contribution in [-0.2, 0) is 9.53 Å². The van der Waals surface area contributed by atoms with Crippen LogP contribution in [-0.4, -0.2) is 23.1 Å². The number of carbonyl (C=O) groups is 1. The predicted octanol–water partition coefficient (Wildman–Crippen LogP) is 5.06. The normalized spacial score (nSPS) is 56.8. The first-order valence-corrected chi connectivity index (χ1v) is 11.3. The number of Topliss-reactive ketones (excluding diaryl/α,β-unsaturated/α-hetero) is 1. The highest BCUT2D eigenvalue weighted by atomic mass is 32.2. The molecule has 5 fully saturated rings. The van der Waals surface area contributed by atoms with Crippen molar-refractivity contribution in [2.45, 2.75) is 76.6 Å². The van der Waals surface area contributed by atoms with E-state index in [2.05, 4.69) is 25.6 Å². The van der Waals surface area contributed by atoms with Crippen molar-refractivity contribution in [2.24, 2.45) is 34.5 Å². The molecule has 0 bridgehead atoms. The second-order valence-corrected chi connectivity index (χ2v) is 11.2. The summed E-state index contributed by atoms with van der Waals surface area (Å²) in [5, 5.41) is 0. The summed E-state index contributed by atoms with van der Waals surface area (Å²) in [6.45, 7) is 6.08. The van der Waals surface area contributed by atoms with Gasteiger partial charge in [-0.05, 0) is 74.0 Å². The van der Waals surface area contributed by atoms with Gasteiger partial charge in [-0.2, -0.15) is 0 Å². The molecular formula is C21H32O2S. The minimum absolute atomic E-state index is 0.142. The Balaban J connectivity index is 1.46. The zero-order valence-electron chi connectivity index (χ0n) is 15.3. The molecule has 1 aliphatic heterocycles. The van der Waals surface area contributed by atoms with Gasteiger partial charge in [-0.1, -0.05) is 13.8 Å². The van der Waals surface area contributed by atoms with Crippen molar-refractivity contribution < 1.29 is 9.53 Å². The minimum Gasteiger partial charge on any atom is -0.363 e. The lowest BCUT2D eigenvalue weighted by molar-refractivity contribution is -0.147. The maximum absolute atomic E-state index is 12.0. The molecule has 4 saturated carbocycles. The van der Waals surface area contributed by atoms with Crippen molar-refractivity contribution in [2.75, 3.05) is 12.4 Å². The fraction of sp³-hybridized carbons (Fsp3) is 0.952. The molecule has 0 aromatic carbocycles. The quantitative estimate of drug-likeness (QED) is 0.612. The van der Waals surface area contributed by atoms with E-state index in [1.54, 1.807) is 0 Å². The van der Waals surface area contributed by atoms with Crippen LogP contribution in [0.15, 0.2) is 0 Å². The molecular weight excluding hydrogens is 316 g/mol. The van der Waals surface area contributed by atoms with Crippen molar-refractivity contribution in [3.63, 3.8) is 0 Å². The van der Waals surface area contributed by atoms with Crippen LogP contribution < -0.4 is 0 Å². The molecule has 0 aromatic heterocycles. The molecule has 24 heavy (non-hydrogen) atoms. The molecule has 1 saturated heterocycles. The van der Waals surface area contributed by atoms with E-state index < -0.39 is 0 Å². The maximum Gasteiger partial charge on any atom is 0.133 e. The first-order chi connectivity index (χ1) is 11.5. The van der Waals surface area contributed by atoms with Crippen molar-refractivity contribution in [1.29, 1.82) is 0 Å². The Morgan fingerprint density at radius 2 is 1.88 bits per heavy atom. The summed E-state index contributed by atoms with van der Waals surface area (Å²) in [6, 6.07) is 0. The molecule has 0 unspecified atom stereocenters. The van der Waals surface area contributed by atoms with E-state index >= 15 is 0 Å². The van der Waals surface area contributed by atoms with Crippen molar-refractivity contribution in [3.05, 3.63) is 0 Å². The summed E-state index contributed by atoms with van der Waals surface area (Å²) in [5.41, 5.74) is 0.834. The Kier molecular flexibility index (Phi) is 3.54. The number of ether oxygens (including phenoxy) is 1. The zero-order valence-corrected chi connectivity index (χ0v) is 16.1. The average Bonchev–Trinajstić information content (AvgIpc) is 3.15. The Morgan fingerprint density at radius 3 is 2.67 bits per heavy atom. The van der Waals surface area contributed by atoms with Gasteiger partial charge in [-0.25, -0.2) is 0 Å². The summed E-state index contributed by atoms with van der Waals surface area (Å²) < 4.78 is 6.42. The lowest BCUT2D eigenvalue weighted by Crippen LogP contribution is -2.55.